The summed E-state index contributed by atoms with van der Waals surface area (Å²) in [5, 5.41) is 8.83. The van der Waals surface area contributed by atoms with Crippen LogP contribution in [0.15, 0.2) is 24.3 Å². The molecule has 0 atom stereocenters. The summed E-state index contributed by atoms with van der Waals surface area (Å²) < 4.78 is 0. The summed E-state index contributed by atoms with van der Waals surface area (Å²) in [6.07, 6.45) is 9.12. The van der Waals surface area contributed by atoms with Gasteiger partial charge in [-0.15, -0.1) is 0 Å². The van der Waals surface area contributed by atoms with E-state index >= 15 is 0 Å². The molecule has 0 bridgehead atoms. The van der Waals surface area contributed by atoms with Crippen LogP contribution in [0.5, 0.6) is 0 Å². The van der Waals surface area contributed by atoms with E-state index in [-0.39, 0.29) is 12.5 Å². The highest BCUT2D eigenvalue weighted by molar-refractivity contribution is 5.94. The van der Waals surface area contributed by atoms with Gasteiger partial charge in [-0.3, -0.25) is 4.79 Å². The van der Waals surface area contributed by atoms with E-state index in [9.17, 15) is 4.79 Å². The van der Waals surface area contributed by atoms with Crippen molar-refractivity contribution in [3.05, 3.63) is 35.4 Å². The van der Waals surface area contributed by atoms with Crippen molar-refractivity contribution in [2.24, 2.45) is 0 Å². The van der Waals surface area contributed by atoms with E-state index in [4.69, 9.17) is 5.11 Å². The van der Waals surface area contributed by atoms with Crippen LogP contribution in [0, 0.1) is 0 Å². The first-order valence-electron chi connectivity index (χ1n) is 10.8. The lowest BCUT2D eigenvalue weighted by molar-refractivity contribution is 0.0750. The number of carbonyl (C=O) groups excluding carboxylic acids is 1. The minimum Gasteiger partial charge on any atom is -0.396 e. The van der Waals surface area contributed by atoms with Gasteiger partial charge in [0.05, 0.1) is 0 Å². The minimum atomic E-state index is 0.128. The predicted molar refractivity (Wildman–Crippen MR) is 114 cm³/mol. The fraction of sp³-hybridized carbons (Fsp3) is 0.696. The van der Waals surface area contributed by atoms with Crippen LogP contribution in [-0.4, -0.2) is 60.6 Å². The molecule has 0 saturated carbocycles. The van der Waals surface area contributed by atoms with Crippen molar-refractivity contribution in [1.29, 1.82) is 0 Å². The molecular weight excluding hydrogens is 336 g/mol. The van der Waals surface area contributed by atoms with Gasteiger partial charge in [0.2, 0.25) is 0 Å². The Labute approximate surface area is 166 Å². The molecule has 0 aliphatic carbocycles. The molecule has 1 N–H and O–H groups in total. The Morgan fingerprint density at radius 2 is 1.59 bits per heavy atom. The number of aryl methyl sites for hydroxylation is 1. The number of hydrogen-bond acceptors (Lipinski definition) is 3. The number of benzene rings is 1. The molecule has 1 aromatic rings. The van der Waals surface area contributed by atoms with Crippen molar-refractivity contribution in [3.8, 4) is 0 Å². The Hall–Kier alpha value is -1.39. The second-order valence-corrected chi connectivity index (χ2v) is 7.48. The normalized spacial score (nSPS) is 11.1. The molecule has 4 heteroatoms. The Kier molecular flexibility index (Phi) is 12.8. The van der Waals surface area contributed by atoms with Crippen molar-refractivity contribution < 1.29 is 9.90 Å². The van der Waals surface area contributed by atoms with Crippen LogP contribution in [0.1, 0.15) is 74.7 Å². The molecule has 154 valence electrons. The second-order valence-electron chi connectivity index (χ2n) is 7.48. The molecule has 1 rings (SSSR count). The van der Waals surface area contributed by atoms with Gasteiger partial charge in [0.15, 0.2) is 0 Å². The average Bonchev–Trinajstić information content (AvgIpc) is 2.69. The molecule has 0 aromatic heterocycles. The first kappa shape index (κ1) is 23.6. The number of rotatable bonds is 15. The van der Waals surface area contributed by atoms with Gasteiger partial charge in [-0.25, -0.2) is 0 Å². The molecule has 0 unspecified atom stereocenters. The van der Waals surface area contributed by atoms with Crippen LogP contribution in [0.2, 0.25) is 0 Å². The Bertz CT molecular complexity index is 502. The third-order valence-corrected chi connectivity index (χ3v) is 5.14. The summed E-state index contributed by atoms with van der Waals surface area (Å²) in [5.74, 6) is 0.128. The van der Waals surface area contributed by atoms with Crippen LogP contribution in [0.4, 0.5) is 0 Å². The SMILES string of the molecule is CCCCCCN(C)CCN(CC)C(=O)c1ccc(CCCCCO)cc1. The summed E-state index contributed by atoms with van der Waals surface area (Å²) in [6, 6.07) is 8.06. The molecular formula is C23H40N2O2. The van der Waals surface area contributed by atoms with E-state index in [0.29, 0.717) is 0 Å². The van der Waals surface area contributed by atoms with E-state index < -0.39 is 0 Å². The Balaban J connectivity index is 2.42. The number of unbranched alkanes of at least 4 members (excludes halogenated alkanes) is 5. The number of aliphatic hydroxyl groups is 1. The molecule has 0 fully saturated rings. The van der Waals surface area contributed by atoms with Crippen LogP contribution in [-0.2, 0) is 6.42 Å². The van der Waals surface area contributed by atoms with E-state index in [0.717, 1.165) is 57.4 Å². The van der Waals surface area contributed by atoms with Crippen LogP contribution >= 0.6 is 0 Å². The number of amides is 1. The third-order valence-electron chi connectivity index (χ3n) is 5.14. The van der Waals surface area contributed by atoms with Gasteiger partial charge in [-0.05, 0) is 63.9 Å². The summed E-state index contributed by atoms with van der Waals surface area (Å²) in [4.78, 5) is 17.1. The molecule has 27 heavy (non-hydrogen) atoms. The smallest absolute Gasteiger partial charge is 0.253 e. The number of hydrogen-bond donors (Lipinski definition) is 1. The van der Waals surface area contributed by atoms with Gasteiger partial charge in [0.1, 0.15) is 0 Å². The number of aliphatic hydroxyl groups excluding tert-OH is 1. The standard InChI is InChI=1S/C23H40N2O2/c1-4-6-7-10-17-24(3)18-19-25(5-2)23(27)22-15-13-21(14-16-22)12-9-8-11-20-26/h13-16,26H,4-12,17-20H2,1-3H3. The molecule has 4 nitrogen and oxygen atoms in total. The number of likely N-dealkylation sites (N-methyl/N-ethyl adjacent to an activating group) is 2. The van der Waals surface area contributed by atoms with Crippen LogP contribution in [0.3, 0.4) is 0 Å². The fourth-order valence-corrected chi connectivity index (χ4v) is 3.23. The largest absolute Gasteiger partial charge is 0.396 e. The maximum atomic E-state index is 12.8. The lowest BCUT2D eigenvalue weighted by Crippen LogP contribution is -2.37. The van der Waals surface area contributed by atoms with Crippen molar-refractivity contribution in [3.63, 3.8) is 0 Å². The van der Waals surface area contributed by atoms with Crippen molar-refractivity contribution in [2.45, 2.75) is 65.2 Å². The van der Waals surface area contributed by atoms with Gasteiger partial charge in [0, 0.05) is 31.8 Å². The van der Waals surface area contributed by atoms with E-state index in [1.807, 2.05) is 17.0 Å². The van der Waals surface area contributed by atoms with Gasteiger partial charge < -0.3 is 14.9 Å². The maximum Gasteiger partial charge on any atom is 0.253 e. The summed E-state index contributed by atoms with van der Waals surface area (Å²) >= 11 is 0. The highest BCUT2D eigenvalue weighted by Crippen LogP contribution is 2.11. The molecule has 0 spiro atoms. The van der Waals surface area contributed by atoms with E-state index in [2.05, 4.69) is 37.9 Å². The van der Waals surface area contributed by atoms with Crippen molar-refractivity contribution >= 4 is 5.91 Å². The summed E-state index contributed by atoms with van der Waals surface area (Å²) in [5.41, 5.74) is 2.04. The molecule has 0 radical (unpaired) electrons. The zero-order chi connectivity index (χ0) is 19.9. The highest BCUT2D eigenvalue weighted by Gasteiger charge is 2.14. The van der Waals surface area contributed by atoms with Crippen LogP contribution < -0.4 is 0 Å². The highest BCUT2D eigenvalue weighted by atomic mass is 16.2. The topological polar surface area (TPSA) is 43.8 Å². The van der Waals surface area contributed by atoms with Crippen LogP contribution in [0.25, 0.3) is 0 Å². The Morgan fingerprint density at radius 1 is 0.889 bits per heavy atom. The molecule has 1 amide bonds. The molecule has 0 aliphatic rings. The maximum absolute atomic E-state index is 12.8. The Morgan fingerprint density at radius 3 is 2.22 bits per heavy atom. The molecule has 0 heterocycles. The minimum absolute atomic E-state index is 0.128. The van der Waals surface area contributed by atoms with Crippen molar-refractivity contribution in [1.82, 2.24) is 9.80 Å². The zero-order valence-corrected chi connectivity index (χ0v) is 17.8. The second kappa shape index (κ2) is 14.6. The van der Waals surface area contributed by atoms with Crippen molar-refractivity contribution in [2.75, 3.05) is 39.8 Å². The predicted octanol–water partition coefficient (Wildman–Crippen LogP) is 4.37. The third kappa shape index (κ3) is 9.92. The average molecular weight is 377 g/mol. The first-order valence-corrected chi connectivity index (χ1v) is 10.8. The lowest BCUT2D eigenvalue weighted by Gasteiger charge is -2.25. The first-order chi connectivity index (χ1) is 13.1. The van der Waals surface area contributed by atoms with Gasteiger partial charge in [-0.2, -0.15) is 0 Å². The molecule has 0 aliphatic heterocycles. The number of nitrogens with zero attached hydrogens (tertiary/aromatic N) is 2. The molecule has 1 aromatic carbocycles. The fourth-order valence-electron chi connectivity index (χ4n) is 3.23. The zero-order valence-electron chi connectivity index (χ0n) is 17.8. The summed E-state index contributed by atoms with van der Waals surface area (Å²) in [7, 11) is 2.15. The number of carbonyl (C=O) groups is 1. The quantitative estimate of drug-likeness (QED) is 0.462. The molecule has 0 saturated heterocycles. The van der Waals surface area contributed by atoms with E-state index in [1.54, 1.807) is 0 Å². The van der Waals surface area contributed by atoms with Gasteiger partial charge >= 0.3 is 0 Å². The lowest BCUT2D eigenvalue weighted by atomic mass is 10.0. The van der Waals surface area contributed by atoms with Gasteiger partial charge in [0.25, 0.3) is 5.91 Å². The monoisotopic (exact) mass is 376 g/mol. The summed E-state index contributed by atoms with van der Waals surface area (Å²) in [6.45, 7) is 8.11. The van der Waals surface area contributed by atoms with E-state index in [1.165, 1.54) is 31.2 Å². The van der Waals surface area contributed by atoms with Gasteiger partial charge in [-0.1, -0.05) is 44.7 Å².